The van der Waals surface area contributed by atoms with E-state index in [-0.39, 0.29) is 35.5 Å². The first-order valence-electron chi connectivity index (χ1n) is 23.6. The lowest BCUT2D eigenvalue weighted by molar-refractivity contribution is -0.129. The van der Waals surface area contributed by atoms with E-state index in [0.717, 1.165) is 97.1 Å². The second-order valence-corrected chi connectivity index (χ2v) is 17.6. The minimum atomic E-state index is -0.294. The number of piperidine rings is 2. The van der Waals surface area contributed by atoms with E-state index >= 15 is 0 Å². The van der Waals surface area contributed by atoms with Crippen molar-refractivity contribution >= 4 is 17.8 Å². The first-order valence-corrected chi connectivity index (χ1v) is 23.6. The number of benzene rings is 4. The number of anilines is 2. The van der Waals surface area contributed by atoms with Crippen molar-refractivity contribution in [1.82, 2.24) is 49.3 Å². The number of amides is 1. The van der Waals surface area contributed by atoms with Crippen LogP contribution in [0.1, 0.15) is 92.9 Å². The minimum Gasteiger partial charge on any atom is -0.348 e. The second-order valence-electron chi connectivity index (χ2n) is 17.6. The van der Waals surface area contributed by atoms with Crippen LogP contribution in [0, 0.1) is 11.6 Å². The molecule has 69 heavy (non-hydrogen) atoms. The summed E-state index contributed by atoms with van der Waals surface area (Å²) < 4.78 is 31.2. The van der Waals surface area contributed by atoms with E-state index in [4.69, 9.17) is 19.9 Å². The molecule has 2 atom stereocenters. The molecule has 0 radical (unpaired) electrons. The van der Waals surface area contributed by atoms with Gasteiger partial charge in [-0.15, -0.1) is 0 Å². The number of carbonyl (C=O) groups excluding carboxylic acids is 1. The van der Waals surface area contributed by atoms with Crippen molar-refractivity contribution in [3.05, 3.63) is 180 Å². The van der Waals surface area contributed by atoms with Gasteiger partial charge in [0, 0.05) is 67.8 Å². The molecule has 2 aliphatic heterocycles. The molecule has 352 valence electrons. The van der Waals surface area contributed by atoms with Gasteiger partial charge in [-0.05, 0) is 124 Å². The molecule has 4 aromatic carbocycles. The fourth-order valence-electron chi connectivity index (χ4n) is 8.90. The van der Waals surface area contributed by atoms with Crippen LogP contribution in [-0.2, 0) is 4.79 Å². The zero-order chi connectivity index (χ0) is 47.7. The highest BCUT2D eigenvalue weighted by molar-refractivity contribution is 5.73. The Kier molecular flexibility index (Phi) is 14.5. The van der Waals surface area contributed by atoms with Gasteiger partial charge in [0.05, 0.1) is 23.5 Å². The Bertz CT molecular complexity index is 2930. The first kappa shape index (κ1) is 46.5. The maximum atomic E-state index is 13.6. The summed E-state index contributed by atoms with van der Waals surface area (Å²) in [6.07, 6.45) is 11.4. The summed E-state index contributed by atoms with van der Waals surface area (Å²) in [6.45, 7) is 9.18. The van der Waals surface area contributed by atoms with Crippen LogP contribution in [-0.4, -0.2) is 76.0 Å². The van der Waals surface area contributed by atoms with Crippen LogP contribution in [0.3, 0.4) is 0 Å². The predicted octanol–water partition coefficient (Wildman–Crippen LogP) is 10.5. The topological polar surface area (TPSA) is 144 Å². The molecule has 2 saturated heterocycles. The Morgan fingerprint density at radius 3 is 1.42 bits per heavy atom. The molecule has 10 rings (SSSR count). The maximum Gasteiger partial charge on any atom is 0.225 e. The van der Waals surface area contributed by atoms with Gasteiger partial charge in [-0.2, -0.15) is 9.97 Å². The standard InChI is InChI=1S/C28H29FN6O.C26H27FN6/c1-19(21-6-4-3-5-7-21)31-28-30-15-12-26(33-28)35-18-25(22-13-16-34(17-14-22)20(2)36)32-27(35)23-8-10-24(29)11-9-23;1-18(19-5-3-2-4-6-19)30-26-29-16-13-24(32-26)33-17-23(20-11-14-28-15-12-20)31-25(33)21-7-9-22(27)10-8-21/h3-12,15,18-19,22H,13-14,16-17H2,1-2H3,(H,30,31,33);2-10,13,16-18,20,28H,11-12,14-15H2,1H3,(H,29,30,32)/t19-;18-/m00/s1. The third-order valence-corrected chi connectivity index (χ3v) is 12.8. The fourth-order valence-corrected chi connectivity index (χ4v) is 8.90. The molecular formula is C54H56F2N12O. The van der Waals surface area contributed by atoms with E-state index in [1.807, 2.05) is 68.8 Å². The second kappa shape index (κ2) is 21.5. The maximum absolute atomic E-state index is 13.6. The van der Waals surface area contributed by atoms with Gasteiger partial charge < -0.3 is 20.9 Å². The fraction of sp³-hybridized carbons (Fsp3) is 0.278. The van der Waals surface area contributed by atoms with Crippen LogP contribution in [0.15, 0.2) is 146 Å². The average Bonchev–Trinajstić information content (AvgIpc) is 4.05. The van der Waals surface area contributed by atoms with Crippen LogP contribution < -0.4 is 16.0 Å². The largest absolute Gasteiger partial charge is 0.348 e. The Hall–Kier alpha value is -7.65. The molecule has 0 spiro atoms. The highest BCUT2D eigenvalue weighted by Crippen LogP contribution is 2.33. The van der Waals surface area contributed by atoms with Gasteiger partial charge in [0.2, 0.25) is 17.8 Å². The molecule has 0 bridgehead atoms. The molecule has 2 fully saturated rings. The highest BCUT2D eigenvalue weighted by atomic mass is 19.1. The normalized spacial score (nSPS) is 15.2. The van der Waals surface area contributed by atoms with Crippen molar-refractivity contribution < 1.29 is 13.6 Å². The van der Waals surface area contributed by atoms with Crippen LogP contribution in [0.4, 0.5) is 20.7 Å². The molecule has 1 amide bonds. The lowest BCUT2D eigenvalue weighted by atomic mass is 9.94. The van der Waals surface area contributed by atoms with Gasteiger partial charge in [-0.25, -0.2) is 28.7 Å². The summed E-state index contributed by atoms with van der Waals surface area (Å²) in [6, 6.07) is 36.9. The quantitative estimate of drug-likeness (QED) is 0.108. The van der Waals surface area contributed by atoms with E-state index in [9.17, 15) is 13.6 Å². The minimum absolute atomic E-state index is 0.0304. The summed E-state index contributed by atoms with van der Waals surface area (Å²) in [5.41, 5.74) is 5.94. The van der Waals surface area contributed by atoms with Gasteiger partial charge in [0.1, 0.15) is 34.9 Å². The van der Waals surface area contributed by atoms with Crippen molar-refractivity contribution in [2.75, 3.05) is 36.8 Å². The monoisotopic (exact) mass is 926 g/mol. The Morgan fingerprint density at radius 1 is 0.580 bits per heavy atom. The SMILES string of the molecule is CC(=O)N1CCC(c2cn(-c3ccnc(N[C@@H](C)c4ccccc4)n3)c(-c3ccc(F)cc3)n2)CC1.C[C@H](Nc1nccc(-n2cc(C3CCNCC3)nc2-c2ccc(F)cc2)n1)c1ccccc1. The number of imidazole rings is 2. The number of hydrogen-bond acceptors (Lipinski definition) is 10. The number of nitrogens with one attached hydrogen (secondary N) is 3. The van der Waals surface area contributed by atoms with Crippen LogP contribution in [0.2, 0.25) is 0 Å². The molecule has 2 aliphatic rings. The number of aromatic nitrogens is 8. The zero-order valence-corrected chi connectivity index (χ0v) is 39.0. The number of rotatable bonds is 12. The Balaban J connectivity index is 0.000000172. The third-order valence-electron chi connectivity index (χ3n) is 12.8. The molecule has 0 saturated carbocycles. The van der Waals surface area contributed by atoms with Gasteiger partial charge in [0.15, 0.2) is 0 Å². The number of halogens is 2. The number of hydrogen-bond donors (Lipinski definition) is 3. The smallest absolute Gasteiger partial charge is 0.225 e. The average molecular weight is 927 g/mol. The van der Waals surface area contributed by atoms with E-state index < -0.39 is 0 Å². The number of carbonyl (C=O) groups is 1. The summed E-state index contributed by atoms with van der Waals surface area (Å²) in [5.74, 6) is 4.08. The molecule has 3 N–H and O–H groups in total. The third kappa shape index (κ3) is 11.4. The van der Waals surface area contributed by atoms with Gasteiger partial charge in [0.25, 0.3) is 0 Å². The van der Waals surface area contributed by atoms with Crippen molar-refractivity contribution in [2.24, 2.45) is 0 Å². The number of likely N-dealkylation sites (tertiary alicyclic amines) is 1. The van der Waals surface area contributed by atoms with E-state index in [2.05, 4.69) is 70.2 Å². The van der Waals surface area contributed by atoms with Crippen molar-refractivity contribution in [1.29, 1.82) is 0 Å². The predicted molar refractivity (Wildman–Crippen MR) is 265 cm³/mol. The molecular weight excluding hydrogens is 871 g/mol. The molecule has 15 heteroatoms. The van der Waals surface area contributed by atoms with E-state index in [1.54, 1.807) is 43.6 Å². The van der Waals surface area contributed by atoms with Gasteiger partial charge >= 0.3 is 0 Å². The molecule has 13 nitrogen and oxygen atoms in total. The molecule has 0 aliphatic carbocycles. The first-order chi connectivity index (χ1) is 33.6. The molecule has 4 aromatic heterocycles. The van der Waals surface area contributed by atoms with Crippen LogP contribution >= 0.6 is 0 Å². The summed E-state index contributed by atoms with van der Waals surface area (Å²) in [7, 11) is 0. The molecule has 8 aromatic rings. The molecule has 0 unspecified atom stereocenters. The van der Waals surface area contributed by atoms with E-state index in [0.29, 0.717) is 29.5 Å². The van der Waals surface area contributed by atoms with Crippen molar-refractivity contribution in [3.63, 3.8) is 0 Å². The lowest BCUT2D eigenvalue weighted by Gasteiger charge is -2.30. The molecule has 6 heterocycles. The van der Waals surface area contributed by atoms with Crippen molar-refractivity contribution in [3.8, 4) is 34.4 Å². The highest BCUT2D eigenvalue weighted by Gasteiger charge is 2.26. The summed E-state index contributed by atoms with van der Waals surface area (Å²) >= 11 is 0. The zero-order valence-electron chi connectivity index (χ0n) is 39.0. The Morgan fingerprint density at radius 2 is 1.00 bits per heavy atom. The van der Waals surface area contributed by atoms with Gasteiger partial charge in [-0.3, -0.25) is 13.9 Å². The van der Waals surface area contributed by atoms with E-state index in [1.165, 1.54) is 24.3 Å². The number of nitrogens with zero attached hydrogens (tertiary/aromatic N) is 9. The van der Waals surface area contributed by atoms with Gasteiger partial charge in [-0.1, -0.05) is 60.7 Å². The van der Waals surface area contributed by atoms with Crippen molar-refractivity contribution in [2.45, 2.75) is 70.4 Å². The van der Waals surface area contributed by atoms with Crippen LogP contribution in [0.5, 0.6) is 0 Å². The Labute approximate surface area is 401 Å². The summed E-state index contributed by atoms with van der Waals surface area (Å²) in [4.78, 5) is 42.0. The summed E-state index contributed by atoms with van der Waals surface area (Å²) in [5, 5.41) is 10.2. The van der Waals surface area contributed by atoms with Crippen LogP contribution in [0.25, 0.3) is 34.4 Å². The lowest BCUT2D eigenvalue weighted by Crippen LogP contribution is -2.36.